The van der Waals surface area contributed by atoms with Gasteiger partial charge in [0.1, 0.15) is 5.82 Å². The Morgan fingerprint density at radius 2 is 1.61 bits per heavy atom. The second-order valence-electron chi connectivity index (χ2n) is 8.67. The Labute approximate surface area is 202 Å². The van der Waals surface area contributed by atoms with Gasteiger partial charge in [0.2, 0.25) is 0 Å². The van der Waals surface area contributed by atoms with E-state index in [0.717, 1.165) is 6.07 Å². The molecule has 0 saturated heterocycles. The van der Waals surface area contributed by atoms with Gasteiger partial charge >= 0.3 is 12.2 Å². The molecule has 0 unspecified atom stereocenters. The zero-order valence-corrected chi connectivity index (χ0v) is 19.1. The van der Waals surface area contributed by atoms with E-state index in [1.54, 1.807) is 30.3 Å². The molecule has 4 aromatic rings. The Balaban J connectivity index is 1.57. The SMILES string of the molecule is CC(C)(O)c1ccc(NC(=O)Nc2ccc(-c3c[nH]c(=O)c4ccccc34)cc2F)cc1C(F)(F)F. The van der Waals surface area contributed by atoms with Crippen LogP contribution < -0.4 is 16.2 Å². The molecule has 0 fully saturated rings. The van der Waals surface area contributed by atoms with Crippen molar-refractivity contribution in [2.45, 2.75) is 25.6 Å². The molecule has 6 nitrogen and oxygen atoms in total. The number of benzene rings is 3. The first-order chi connectivity index (χ1) is 16.8. The summed E-state index contributed by atoms with van der Waals surface area (Å²) >= 11 is 0. The third kappa shape index (κ3) is 5.08. The van der Waals surface area contributed by atoms with Gasteiger partial charge in [-0.2, -0.15) is 13.2 Å². The van der Waals surface area contributed by atoms with Crippen LogP contribution in [0.2, 0.25) is 0 Å². The maximum atomic E-state index is 14.8. The standard InChI is InChI=1S/C26H21F4N3O3/c1-25(2,36)19-9-8-15(12-20(19)26(28,29)30)32-24(35)33-22-10-7-14(11-21(22)27)18-13-31-23(34)17-6-4-3-5-16(17)18/h3-13,36H,1-2H3,(H,31,34)(H2,32,33,35). The highest BCUT2D eigenvalue weighted by Crippen LogP contribution is 2.38. The minimum atomic E-state index is -4.77. The number of halogens is 4. The van der Waals surface area contributed by atoms with Crippen molar-refractivity contribution in [1.82, 2.24) is 4.98 Å². The lowest BCUT2D eigenvalue weighted by Crippen LogP contribution is -2.24. The second-order valence-corrected chi connectivity index (χ2v) is 8.67. The van der Waals surface area contributed by atoms with Crippen LogP contribution in [0.3, 0.4) is 0 Å². The average molecular weight is 499 g/mol. The van der Waals surface area contributed by atoms with Gasteiger partial charge in [-0.25, -0.2) is 9.18 Å². The maximum Gasteiger partial charge on any atom is 0.416 e. The summed E-state index contributed by atoms with van der Waals surface area (Å²) in [5, 5.41) is 15.6. The van der Waals surface area contributed by atoms with Crippen LogP contribution in [0.1, 0.15) is 25.0 Å². The number of aliphatic hydroxyl groups is 1. The highest BCUT2D eigenvalue weighted by atomic mass is 19.4. The molecule has 3 aromatic carbocycles. The summed E-state index contributed by atoms with van der Waals surface area (Å²) in [5.41, 5.74) is -2.86. The van der Waals surface area contributed by atoms with E-state index in [-0.39, 0.29) is 22.5 Å². The van der Waals surface area contributed by atoms with Gasteiger partial charge in [-0.1, -0.05) is 30.3 Å². The molecule has 0 spiro atoms. The first-order valence-corrected chi connectivity index (χ1v) is 10.8. The Bertz CT molecular complexity index is 1520. The van der Waals surface area contributed by atoms with E-state index in [0.29, 0.717) is 28.0 Å². The van der Waals surface area contributed by atoms with Crippen molar-refractivity contribution >= 4 is 28.2 Å². The van der Waals surface area contributed by atoms with Gasteiger partial charge in [-0.15, -0.1) is 0 Å². The molecular formula is C26H21F4N3O3. The number of amides is 2. The molecule has 2 amide bonds. The number of aromatic amines is 1. The Hall–Kier alpha value is -4.18. The Morgan fingerprint density at radius 1 is 0.917 bits per heavy atom. The predicted octanol–water partition coefficient (Wildman–Crippen LogP) is 6.22. The summed E-state index contributed by atoms with van der Waals surface area (Å²) in [6.07, 6.45) is -3.30. The molecule has 0 radical (unpaired) electrons. The molecule has 0 atom stereocenters. The topological polar surface area (TPSA) is 94.2 Å². The van der Waals surface area contributed by atoms with Gasteiger partial charge in [0.25, 0.3) is 5.56 Å². The van der Waals surface area contributed by atoms with Crippen LogP contribution in [0.25, 0.3) is 21.9 Å². The number of hydrogen-bond acceptors (Lipinski definition) is 3. The lowest BCUT2D eigenvalue weighted by molar-refractivity contribution is -0.140. The molecule has 0 aliphatic carbocycles. The van der Waals surface area contributed by atoms with E-state index in [4.69, 9.17) is 0 Å². The third-order valence-electron chi connectivity index (χ3n) is 5.58. The normalized spacial score (nSPS) is 12.0. The maximum absolute atomic E-state index is 14.8. The molecule has 4 rings (SSSR count). The number of carbonyl (C=O) groups is 1. The number of H-pyrrole nitrogens is 1. The molecule has 4 N–H and O–H groups in total. The Morgan fingerprint density at radius 3 is 2.25 bits per heavy atom. The molecule has 1 aromatic heterocycles. The van der Waals surface area contributed by atoms with Crippen molar-refractivity contribution in [2.75, 3.05) is 10.6 Å². The number of rotatable bonds is 4. The van der Waals surface area contributed by atoms with Crippen LogP contribution in [0.4, 0.5) is 33.7 Å². The number of pyridine rings is 1. The van der Waals surface area contributed by atoms with Crippen LogP contribution in [0, 0.1) is 5.82 Å². The predicted molar refractivity (Wildman–Crippen MR) is 129 cm³/mol. The molecule has 36 heavy (non-hydrogen) atoms. The van der Waals surface area contributed by atoms with E-state index >= 15 is 0 Å². The van der Waals surface area contributed by atoms with Crippen molar-refractivity contribution in [3.63, 3.8) is 0 Å². The molecule has 10 heteroatoms. The van der Waals surface area contributed by atoms with Crippen LogP contribution in [-0.2, 0) is 11.8 Å². The summed E-state index contributed by atoms with van der Waals surface area (Å²) in [4.78, 5) is 27.0. The van der Waals surface area contributed by atoms with Gasteiger partial charge in [0, 0.05) is 22.8 Å². The van der Waals surface area contributed by atoms with E-state index in [9.17, 15) is 32.3 Å². The van der Waals surface area contributed by atoms with E-state index in [1.165, 1.54) is 38.2 Å². The third-order valence-corrected chi connectivity index (χ3v) is 5.58. The number of alkyl halides is 3. The number of fused-ring (bicyclic) bond motifs is 1. The van der Waals surface area contributed by atoms with Crippen LogP contribution in [0.15, 0.2) is 71.7 Å². The van der Waals surface area contributed by atoms with E-state index < -0.39 is 29.2 Å². The van der Waals surface area contributed by atoms with Crippen LogP contribution in [0.5, 0.6) is 0 Å². The summed E-state index contributed by atoms with van der Waals surface area (Å²) < 4.78 is 55.3. The number of hydrogen-bond donors (Lipinski definition) is 4. The lowest BCUT2D eigenvalue weighted by Gasteiger charge is -2.23. The van der Waals surface area contributed by atoms with E-state index in [2.05, 4.69) is 15.6 Å². The van der Waals surface area contributed by atoms with Crippen molar-refractivity contribution in [3.8, 4) is 11.1 Å². The zero-order valence-electron chi connectivity index (χ0n) is 19.1. The fraction of sp³-hybridized carbons (Fsp3) is 0.154. The van der Waals surface area contributed by atoms with Crippen molar-refractivity contribution in [3.05, 3.63) is 94.2 Å². The monoisotopic (exact) mass is 499 g/mol. The molecule has 0 bridgehead atoms. The lowest BCUT2D eigenvalue weighted by atomic mass is 9.92. The molecule has 0 aliphatic rings. The summed E-state index contributed by atoms with van der Waals surface area (Å²) in [6.45, 7) is 2.44. The molecule has 0 aliphatic heterocycles. The quantitative estimate of drug-likeness (QED) is 0.251. The van der Waals surface area contributed by atoms with Crippen molar-refractivity contribution in [2.24, 2.45) is 0 Å². The van der Waals surface area contributed by atoms with Gasteiger partial charge in [-0.3, -0.25) is 4.79 Å². The largest absolute Gasteiger partial charge is 0.416 e. The van der Waals surface area contributed by atoms with Gasteiger partial charge in [0.15, 0.2) is 0 Å². The number of nitrogens with one attached hydrogen (secondary N) is 3. The summed E-state index contributed by atoms with van der Waals surface area (Å²) in [5.74, 6) is -0.786. The van der Waals surface area contributed by atoms with Gasteiger partial charge in [0.05, 0.1) is 16.9 Å². The number of urea groups is 1. The number of anilines is 2. The number of aromatic nitrogens is 1. The minimum absolute atomic E-state index is 0.190. The number of carbonyl (C=O) groups excluding carboxylic acids is 1. The highest BCUT2D eigenvalue weighted by molar-refractivity contribution is 6.00. The minimum Gasteiger partial charge on any atom is -0.386 e. The average Bonchev–Trinajstić information content (AvgIpc) is 2.79. The Kier molecular flexibility index (Phi) is 6.32. The molecular weight excluding hydrogens is 478 g/mol. The van der Waals surface area contributed by atoms with Gasteiger partial charge in [-0.05, 0) is 60.7 Å². The zero-order chi connectivity index (χ0) is 26.3. The smallest absolute Gasteiger partial charge is 0.386 e. The van der Waals surface area contributed by atoms with Crippen molar-refractivity contribution < 1.29 is 27.5 Å². The highest BCUT2D eigenvalue weighted by Gasteiger charge is 2.37. The molecule has 0 saturated carbocycles. The molecule has 1 heterocycles. The van der Waals surface area contributed by atoms with E-state index in [1.807, 2.05) is 0 Å². The fourth-order valence-corrected chi connectivity index (χ4v) is 3.91. The van der Waals surface area contributed by atoms with Gasteiger partial charge < -0.3 is 20.7 Å². The van der Waals surface area contributed by atoms with Crippen LogP contribution in [-0.4, -0.2) is 16.1 Å². The summed E-state index contributed by atoms with van der Waals surface area (Å²) in [7, 11) is 0. The molecule has 186 valence electrons. The summed E-state index contributed by atoms with van der Waals surface area (Å²) in [6, 6.07) is 12.9. The fourth-order valence-electron chi connectivity index (χ4n) is 3.91. The first kappa shape index (κ1) is 24.9. The first-order valence-electron chi connectivity index (χ1n) is 10.8. The second kappa shape index (κ2) is 9.12. The van der Waals surface area contributed by atoms with Crippen molar-refractivity contribution in [1.29, 1.82) is 0 Å². The van der Waals surface area contributed by atoms with Crippen LogP contribution >= 0.6 is 0 Å².